The number of nitrogens with zero attached hydrogens (tertiary/aromatic N) is 2. The number of benzene rings is 1. The van der Waals surface area contributed by atoms with Gasteiger partial charge in [0.05, 0.1) is 12.6 Å². The zero-order chi connectivity index (χ0) is 15.6. The number of halogens is 2. The van der Waals surface area contributed by atoms with Crippen LogP contribution in [0.2, 0.25) is 0 Å². The highest BCUT2D eigenvalue weighted by atomic mass is 35.5. The molecule has 0 bridgehead atoms. The van der Waals surface area contributed by atoms with Crippen molar-refractivity contribution in [3.63, 3.8) is 0 Å². The molecule has 0 spiro atoms. The molecule has 0 amide bonds. The van der Waals surface area contributed by atoms with E-state index in [1.165, 1.54) is 13.2 Å². The van der Waals surface area contributed by atoms with Gasteiger partial charge in [-0.25, -0.2) is 14.2 Å². The van der Waals surface area contributed by atoms with Crippen LogP contribution in [0.4, 0.5) is 4.39 Å². The Morgan fingerprint density at radius 1 is 1.48 bits per heavy atom. The third-order valence-electron chi connectivity index (χ3n) is 3.41. The van der Waals surface area contributed by atoms with Crippen molar-refractivity contribution in [2.75, 3.05) is 13.0 Å². The molecule has 1 aromatic carbocycles. The van der Waals surface area contributed by atoms with Crippen LogP contribution in [-0.4, -0.2) is 28.5 Å². The topological polar surface area (TPSA) is 44.1 Å². The van der Waals surface area contributed by atoms with Gasteiger partial charge in [0.15, 0.2) is 5.82 Å². The van der Waals surface area contributed by atoms with Crippen LogP contribution in [0.3, 0.4) is 0 Å². The Bertz CT molecular complexity index is 654. The molecule has 0 fully saturated rings. The molecule has 0 aliphatic carbocycles. The van der Waals surface area contributed by atoms with Gasteiger partial charge in [-0.15, -0.1) is 11.6 Å². The van der Waals surface area contributed by atoms with Crippen molar-refractivity contribution in [3.8, 4) is 0 Å². The van der Waals surface area contributed by atoms with Gasteiger partial charge in [0, 0.05) is 12.3 Å². The Kier molecular flexibility index (Phi) is 4.83. The molecule has 0 N–H and O–H groups in total. The molecule has 0 aliphatic heterocycles. The minimum Gasteiger partial charge on any atom is -0.467 e. The summed E-state index contributed by atoms with van der Waals surface area (Å²) < 4.78 is 20.6. The average molecular weight is 313 g/mol. The summed E-state index contributed by atoms with van der Waals surface area (Å²) >= 11 is 5.81. The summed E-state index contributed by atoms with van der Waals surface area (Å²) in [5, 5.41) is 0. The van der Waals surface area contributed by atoms with Crippen LogP contribution in [-0.2, 0) is 16.0 Å². The Hall–Kier alpha value is -1.62. The molecule has 6 heteroatoms. The molecule has 2 aromatic rings. The second kappa shape index (κ2) is 6.43. The zero-order valence-corrected chi connectivity index (χ0v) is 13.0. The number of hydrogen-bond acceptors (Lipinski definition) is 3. The van der Waals surface area contributed by atoms with E-state index in [4.69, 9.17) is 16.3 Å². The maximum atomic E-state index is 13.9. The Labute approximate surface area is 127 Å². The summed E-state index contributed by atoms with van der Waals surface area (Å²) in [6.45, 7) is 3.83. The molecule has 1 aromatic heterocycles. The van der Waals surface area contributed by atoms with E-state index in [-0.39, 0.29) is 17.4 Å². The molecule has 1 heterocycles. The average Bonchev–Trinajstić information content (AvgIpc) is 2.79. The van der Waals surface area contributed by atoms with Gasteiger partial charge in [0.2, 0.25) is 0 Å². The number of carbonyl (C=O) groups excluding carboxylic acids is 1. The number of aryl methyl sites for hydroxylation is 1. The van der Waals surface area contributed by atoms with Crippen molar-refractivity contribution in [2.24, 2.45) is 5.92 Å². The van der Waals surface area contributed by atoms with E-state index < -0.39 is 11.9 Å². The first kappa shape index (κ1) is 15.8. The van der Waals surface area contributed by atoms with Gasteiger partial charge in [0.25, 0.3) is 0 Å². The molecule has 1 atom stereocenters. The maximum Gasteiger partial charge on any atom is 0.329 e. The summed E-state index contributed by atoms with van der Waals surface area (Å²) in [4.78, 5) is 16.5. The third-order valence-corrected chi connectivity index (χ3v) is 3.60. The summed E-state index contributed by atoms with van der Waals surface area (Å²) in [6.07, 6.45) is 0.454. The first-order chi connectivity index (χ1) is 10.0. The van der Waals surface area contributed by atoms with E-state index in [0.717, 1.165) is 0 Å². The predicted octanol–water partition coefficient (Wildman–Crippen LogP) is 3.33. The molecule has 4 nitrogen and oxygen atoms in total. The van der Waals surface area contributed by atoms with E-state index in [9.17, 15) is 9.18 Å². The number of esters is 1. The second-order valence-electron chi connectivity index (χ2n) is 5.16. The molecule has 21 heavy (non-hydrogen) atoms. The molecular formula is C15H18ClFN2O2. The third kappa shape index (κ3) is 2.88. The first-order valence-electron chi connectivity index (χ1n) is 6.80. The minimum atomic E-state index is -0.556. The number of methoxy groups -OCH3 is 1. The Morgan fingerprint density at radius 2 is 2.19 bits per heavy atom. The number of hydrogen-bond donors (Lipinski definition) is 0. The van der Waals surface area contributed by atoms with Gasteiger partial charge in [-0.1, -0.05) is 19.9 Å². The lowest BCUT2D eigenvalue weighted by Crippen LogP contribution is -2.27. The van der Waals surface area contributed by atoms with Crippen LogP contribution in [0, 0.1) is 11.7 Å². The fraction of sp³-hybridized carbons (Fsp3) is 0.467. The number of imidazole rings is 1. The van der Waals surface area contributed by atoms with Gasteiger partial charge in [-0.2, -0.15) is 0 Å². The lowest BCUT2D eigenvalue weighted by molar-refractivity contribution is -0.146. The normalized spacial score (nSPS) is 12.9. The van der Waals surface area contributed by atoms with E-state index in [1.807, 2.05) is 13.8 Å². The highest BCUT2D eigenvalue weighted by Gasteiger charge is 2.29. The quantitative estimate of drug-likeness (QED) is 0.628. The summed E-state index contributed by atoms with van der Waals surface area (Å²) in [5.74, 6) is 0.136. The molecule has 114 valence electrons. The lowest BCUT2D eigenvalue weighted by Gasteiger charge is -2.22. The van der Waals surface area contributed by atoms with Gasteiger partial charge in [-0.05, 0) is 18.1 Å². The minimum absolute atomic E-state index is 0.0211. The molecule has 0 aliphatic rings. The van der Waals surface area contributed by atoms with Gasteiger partial charge in [-0.3, -0.25) is 0 Å². The van der Waals surface area contributed by atoms with Gasteiger partial charge < -0.3 is 9.30 Å². The summed E-state index contributed by atoms with van der Waals surface area (Å²) in [5.41, 5.74) is 0.839. The van der Waals surface area contributed by atoms with Crippen LogP contribution in [0.5, 0.6) is 0 Å². The van der Waals surface area contributed by atoms with E-state index >= 15 is 0 Å². The van der Waals surface area contributed by atoms with Crippen LogP contribution < -0.4 is 0 Å². The number of ether oxygens (including phenoxy) is 1. The van der Waals surface area contributed by atoms with E-state index in [1.54, 1.807) is 16.7 Å². The molecule has 0 radical (unpaired) electrons. The highest BCUT2D eigenvalue weighted by molar-refractivity contribution is 6.17. The molecule has 0 saturated heterocycles. The SMILES string of the molecule is COC(=O)C(C(C)C)n1c(CCCl)nc2c(F)cccc21. The molecular weight excluding hydrogens is 295 g/mol. The fourth-order valence-corrected chi connectivity index (χ4v) is 2.67. The number of aromatic nitrogens is 2. The standard InChI is InChI=1S/C15H18ClFN2O2/c1-9(2)14(15(20)21-3)19-11-6-4-5-10(17)13(11)18-12(19)7-8-16/h4-6,9,14H,7-8H2,1-3H3. The summed E-state index contributed by atoms with van der Waals surface area (Å²) in [7, 11) is 1.35. The van der Waals surface area contributed by atoms with Crippen molar-refractivity contribution < 1.29 is 13.9 Å². The van der Waals surface area contributed by atoms with Crippen LogP contribution in [0.1, 0.15) is 25.7 Å². The number of alkyl halides is 1. The maximum absolute atomic E-state index is 13.9. The Balaban J connectivity index is 2.71. The monoisotopic (exact) mass is 312 g/mol. The fourth-order valence-electron chi connectivity index (χ4n) is 2.50. The van der Waals surface area contributed by atoms with E-state index in [2.05, 4.69) is 4.98 Å². The number of rotatable bonds is 5. The van der Waals surface area contributed by atoms with Crippen molar-refractivity contribution in [2.45, 2.75) is 26.3 Å². The van der Waals surface area contributed by atoms with Crippen molar-refractivity contribution in [1.82, 2.24) is 9.55 Å². The van der Waals surface area contributed by atoms with Crippen molar-refractivity contribution >= 4 is 28.6 Å². The van der Waals surface area contributed by atoms with Crippen LogP contribution in [0.15, 0.2) is 18.2 Å². The Morgan fingerprint density at radius 3 is 2.76 bits per heavy atom. The van der Waals surface area contributed by atoms with Crippen LogP contribution in [0.25, 0.3) is 11.0 Å². The smallest absolute Gasteiger partial charge is 0.329 e. The highest BCUT2D eigenvalue weighted by Crippen LogP contribution is 2.28. The van der Waals surface area contributed by atoms with Crippen molar-refractivity contribution in [3.05, 3.63) is 29.8 Å². The van der Waals surface area contributed by atoms with Crippen LogP contribution >= 0.6 is 11.6 Å². The molecule has 1 unspecified atom stereocenters. The molecule has 2 rings (SSSR count). The molecule has 0 saturated carbocycles. The number of fused-ring (bicyclic) bond motifs is 1. The van der Waals surface area contributed by atoms with Crippen molar-refractivity contribution in [1.29, 1.82) is 0 Å². The zero-order valence-electron chi connectivity index (χ0n) is 12.3. The number of carbonyl (C=O) groups is 1. The van der Waals surface area contributed by atoms with E-state index in [0.29, 0.717) is 23.6 Å². The lowest BCUT2D eigenvalue weighted by atomic mass is 10.0. The second-order valence-corrected chi connectivity index (χ2v) is 5.53. The first-order valence-corrected chi connectivity index (χ1v) is 7.33. The largest absolute Gasteiger partial charge is 0.467 e. The van der Waals surface area contributed by atoms with Gasteiger partial charge in [0.1, 0.15) is 17.4 Å². The predicted molar refractivity (Wildman–Crippen MR) is 80.0 cm³/mol. The number of para-hydroxylation sites is 1. The van der Waals surface area contributed by atoms with Gasteiger partial charge >= 0.3 is 5.97 Å². The summed E-state index contributed by atoms with van der Waals surface area (Å²) in [6, 6.07) is 4.16.